The summed E-state index contributed by atoms with van der Waals surface area (Å²) in [5.41, 5.74) is 1.42. The first-order valence-electron chi connectivity index (χ1n) is 12.2. The zero-order chi connectivity index (χ0) is 25.0. The minimum absolute atomic E-state index is 0.0269. The van der Waals surface area contributed by atoms with Gasteiger partial charge in [-0.1, -0.05) is 25.5 Å². The Balaban J connectivity index is 1.33. The fourth-order valence-electron chi connectivity index (χ4n) is 4.87. The van der Waals surface area contributed by atoms with Crippen LogP contribution in [0.15, 0.2) is 53.4 Å². The van der Waals surface area contributed by atoms with Crippen LogP contribution in [-0.4, -0.2) is 55.1 Å². The first-order chi connectivity index (χ1) is 16.8. The predicted octanol–water partition coefficient (Wildman–Crippen LogP) is 3.81. The Hall–Kier alpha value is -2.78. The summed E-state index contributed by atoms with van der Waals surface area (Å²) in [6, 6.07) is 12.4. The van der Waals surface area contributed by atoms with Crippen LogP contribution in [0.5, 0.6) is 0 Å². The SMILES string of the molecule is CCC1CCCCN1S(=O)(=O)c1ccc(NC(=O)C2CC(=O)N(CCc3ccc(F)cc3)C2)cc1. The second-order valence-corrected chi connectivity index (χ2v) is 11.2. The van der Waals surface area contributed by atoms with Crippen LogP contribution in [0.4, 0.5) is 10.1 Å². The molecule has 0 saturated carbocycles. The summed E-state index contributed by atoms with van der Waals surface area (Å²) in [4.78, 5) is 27.0. The average Bonchev–Trinajstić information content (AvgIpc) is 3.24. The van der Waals surface area contributed by atoms with Crippen molar-refractivity contribution in [2.24, 2.45) is 5.92 Å². The largest absolute Gasteiger partial charge is 0.342 e. The van der Waals surface area contributed by atoms with E-state index in [0.29, 0.717) is 31.7 Å². The molecular formula is C26H32FN3O4S. The zero-order valence-corrected chi connectivity index (χ0v) is 20.8. The third-order valence-corrected chi connectivity index (χ3v) is 8.91. The highest BCUT2D eigenvalue weighted by Crippen LogP contribution is 2.28. The molecule has 0 radical (unpaired) electrons. The van der Waals surface area contributed by atoms with Gasteiger partial charge < -0.3 is 10.2 Å². The van der Waals surface area contributed by atoms with Gasteiger partial charge in [-0.15, -0.1) is 0 Å². The van der Waals surface area contributed by atoms with Crippen LogP contribution in [0.3, 0.4) is 0 Å². The van der Waals surface area contributed by atoms with Crippen molar-refractivity contribution in [2.45, 2.75) is 56.4 Å². The van der Waals surface area contributed by atoms with Crippen molar-refractivity contribution >= 4 is 27.5 Å². The third-order valence-electron chi connectivity index (χ3n) is 6.94. The molecule has 2 atom stereocenters. The van der Waals surface area contributed by atoms with Crippen molar-refractivity contribution < 1.29 is 22.4 Å². The number of halogens is 1. The number of sulfonamides is 1. The maximum absolute atomic E-state index is 13.1. The number of likely N-dealkylation sites (tertiary alicyclic amines) is 1. The Morgan fingerprint density at radius 3 is 2.49 bits per heavy atom. The van der Waals surface area contributed by atoms with E-state index in [1.165, 1.54) is 24.3 Å². The molecular weight excluding hydrogens is 469 g/mol. The molecule has 0 bridgehead atoms. The number of carbonyl (C=O) groups excluding carboxylic acids is 2. The van der Waals surface area contributed by atoms with Gasteiger partial charge in [0.25, 0.3) is 0 Å². The van der Waals surface area contributed by atoms with Gasteiger partial charge in [0.15, 0.2) is 0 Å². The van der Waals surface area contributed by atoms with Gasteiger partial charge in [-0.3, -0.25) is 9.59 Å². The molecule has 9 heteroatoms. The maximum atomic E-state index is 13.1. The van der Waals surface area contributed by atoms with E-state index in [0.717, 1.165) is 31.2 Å². The Bertz CT molecular complexity index is 1150. The van der Waals surface area contributed by atoms with E-state index < -0.39 is 15.9 Å². The van der Waals surface area contributed by atoms with E-state index >= 15 is 0 Å². The number of anilines is 1. The van der Waals surface area contributed by atoms with Crippen molar-refractivity contribution in [3.8, 4) is 0 Å². The highest BCUT2D eigenvalue weighted by molar-refractivity contribution is 7.89. The molecule has 1 N–H and O–H groups in total. The van der Waals surface area contributed by atoms with Crippen LogP contribution in [0.2, 0.25) is 0 Å². The van der Waals surface area contributed by atoms with Gasteiger partial charge in [0.05, 0.1) is 10.8 Å². The molecule has 2 amide bonds. The highest BCUT2D eigenvalue weighted by Gasteiger charge is 2.35. The molecule has 2 heterocycles. The first-order valence-corrected chi connectivity index (χ1v) is 13.7. The molecule has 2 aliphatic heterocycles. The number of benzene rings is 2. The second-order valence-electron chi connectivity index (χ2n) is 9.30. The Morgan fingerprint density at radius 1 is 1.09 bits per heavy atom. The average molecular weight is 502 g/mol. The van der Waals surface area contributed by atoms with Gasteiger partial charge in [0, 0.05) is 37.8 Å². The van der Waals surface area contributed by atoms with Crippen molar-refractivity contribution in [1.29, 1.82) is 0 Å². The molecule has 2 aliphatic rings. The number of hydrogen-bond acceptors (Lipinski definition) is 4. The van der Waals surface area contributed by atoms with Crippen LogP contribution in [0.25, 0.3) is 0 Å². The molecule has 2 aromatic carbocycles. The van der Waals surface area contributed by atoms with Crippen molar-refractivity contribution in [3.05, 3.63) is 59.9 Å². The summed E-state index contributed by atoms with van der Waals surface area (Å²) in [6.45, 7) is 3.34. The molecule has 2 unspecified atom stereocenters. The number of amides is 2. The Kier molecular flexibility index (Phi) is 7.86. The maximum Gasteiger partial charge on any atom is 0.243 e. The van der Waals surface area contributed by atoms with Gasteiger partial charge >= 0.3 is 0 Å². The van der Waals surface area contributed by atoms with E-state index in [1.807, 2.05) is 6.92 Å². The summed E-state index contributed by atoms with van der Waals surface area (Å²) >= 11 is 0. The number of carbonyl (C=O) groups is 2. The number of piperidine rings is 1. The van der Waals surface area contributed by atoms with Crippen LogP contribution in [0.1, 0.15) is 44.6 Å². The fourth-order valence-corrected chi connectivity index (χ4v) is 6.63. The molecule has 0 aromatic heterocycles. The molecule has 4 rings (SSSR count). The van der Waals surface area contributed by atoms with Gasteiger partial charge in [-0.2, -0.15) is 4.31 Å². The van der Waals surface area contributed by atoms with Crippen LogP contribution < -0.4 is 5.32 Å². The summed E-state index contributed by atoms with van der Waals surface area (Å²) < 4.78 is 40.9. The summed E-state index contributed by atoms with van der Waals surface area (Å²) in [5.74, 6) is -1.12. The summed E-state index contributed by atoms with van der Waals surface area (Å²) in [5, 5.41) is 2.82. The minimum atomic E-state index is -3.58. The smallest absolute Gasteiger partial charge is 0.243 e. The summed E-state index contributed by atoms with van der Waals surface area (Å²) in [7, 11) is -3.58. The molecule has 0 aliphatic carbocycles. The van der Waals surface area contributed by atoms with Crippen LogP contribution in [0, 0.1) is 11.7 Å². The lowest BCUT2D eigenvalue weighted by Crippen LogP contribution is -2.43. The molecule has 2 aromatic rings. The van der Waals surface area contributed by atoms with E-state index in [9.17, 15) is 22.4 Å². The minimum Gasteiger partial charge on any atom is -0.342 e. The molecule has 35 heavy (non-hydrogen) atoms. The van der Waals surface area contributed by atoms with Crippen molar-refractivity contribution in [2.75, 3.05) is 25.0 Å². The zero-order valence-electron chi connectivity index (χ0n) is 20.0. The summed E-state index contributed by atoms with van der Waals surface area (Å²) in [6.07, 6.45) is 4.30. The van der Waals surface area contributed by atoms with Crippen molar-refractivity contribution in [1.82, 2.24) is 9.21 Å². The number of hydrogen-bond donors (Lipinski definition) is 1. The van der Waals surface area contributed by atoms with E-state index in [-0.39, 0.29) is 35.0 Å². The lowest BCUT2D eigenvalue weighted by atomic mass is 10.0. The normalized spacial score (nSPS) is 21.3. The number of nitrogens with one attached hydrogen (secondary N) is 1. The Morgan fingerprint density at radius 2 is 1.80 bits per heavy atom. The molecule has 188 valence electrons. The molecule has 7 nitrogen and oxygen atoms in total. The van der Waals surface area contributed by atoms with E-state index in [2.05, 4.69) is 5.32 Å². The predicted molar refractivity (Wildman–Crippen MR) is 132 cm³/mol. The quantitative estimate of drug-likeness (QED) is 0.596. The monoisotopic (exact) mass is 501 g/mol. The lowest BCUT2D eigenvalue weighted by Gasteiger charge is -2.34. The van der Waals surface area contributed by atoms with E-state index in [1.54, 1.807) is 33.5 Å². The molecule has 2 saturated heterocycles. The fraction of sp³-hybridized carbons (Fsp3) is 0.462. The van der Waals surface area contributed by atoms with Crippen LogP contribution in [-0.2, 0) is 26.0 Å². The lowest BCUT2D eigenvalue weighted by molar-refractivity contribution is -0.128. The first kappa shape index (κ1) is 25.3. The number of nitrogens with zero attached hydrogens (tertiary/aromatic N) is 2. The van der Waals surface area contributed by atoms with Gasteiger partial charge in [0.2, 0.25) is 21.8 Å². The number of rotatable bonds is 8. The van der Waals surface area contributed by atoms with Crippen LogP contribution >= 0.6 is 0 Å². The van der Waals surface area contributed by atoms with Crippen molar-refractivity contribution in [3.63, 3.8) is 0 Å². The van der Waals surface area contributed by atoms with Gasteiger partial charge in [-0.05, 0) is 67.6 Å². The second kappa shape index (κ2) is 10.9. The highest BCUT2D eigenvalue weighted by atomic mass is 32.2. The van der Waals surface area contributed by atoms with Gasteiger partial charge in [0.1, 0.15) is 5.82 Å². The standard InChI is InChI=1S/C26H32FN3O4S/c1-2-23-5-3-4-15-30(23)35(33,34)24-12-10-22(11-13-24)28-26(32)20-17-25(31)29(18-20)16-14-19-6-8-21(27)9-7-19/h6-13,20,23H,2-5,14-18H2,1H3,(H,28,32). The Labute approximate surface area is 206 Å². The molecule has 2 fully saturated rings. The third kappa shape index (κ3) is 5.90. The van der Waals surface area contributed by atoms with Gasteiger partial charge in [-0.25, -0.2) is 12.8 Å². The topological polar surface area (TPSA) is 86.8 Å². The van der Waals surface area contributed by atoms with E-state index in [4.69, 9.17) is 0 Å². The molecule has 0 spiro atoms.